The van der Waals surface area contributed by atoms with Gasteiger partial charge in [0.25, 0.3) is 23.6 Å². The number of nitrogens with one attached hydrogen (secondary N) is 2. The molecule has 0 saturated carbocycles. The van der Waals surface area contributed by atoms with E-state index in [0.29, 0.717) is 59.9 Å². The van der Waals surface area contributed by atoms with Crippen molar-refractivity contribution in [2.45, 2.75) is 233 Å². The van der Waals surface area contributed by atoms with Crippen LogP contribution < -0.4 is 0 Å². The van der Waals surface area contributed by atoms with E-state index in [0.717, 1.165) is 217 Å². The number of hydrogen-bond acceptors (Lipinski definition) is 10. The minimum atomic E-state index is -0.0889. The summed E-state index contributed by atoms with van der Waals surface area (Å²) in [6.07, 6.45) is 36.6. The maximum Gasteiger partial charge on any atom is 0.261 e. The van der Waals surface area contributed by atoms with Crippen molar-refractivity contribution in [3.05, 3.63) is 231 Å². The monoisotopic (exact) mass is 1710 g/mol. The molecular formula is C108H114N8O4S4. The summed E-state index contributed by atoms with van der Waals surface area (Å²) in [7, 11) is 0. The second-order valence-corrected chi connectivity index (χ2v) is 38.2. The number of benzene rings is 4. The number of hydrogen-bond donors (Lipinski definition) is 2. The number of amides is 4. The Kier molecular flexibility index (Phi) is 27.9. The van der Waals surface area contributed by atoms with E-state index in [1.165, 1.54) is 151 Å². The average molecular weight is 1720 g/mol. The highest BCUT2D eigenvalue weighted by Gasteiger charge is 2.51. The third-order valence-electron chi connectivity index (χ3n) is 25.5. The zero-order chi connectivity index (χ0) is 84.8. The molecule has 7 aromatic heterocycles. The van der Waals surface area contributed by atoms with Gasteiger partial charge in [0.2, 0.25) is 0 Å². The van der Waals surface area contributed by atoms with E-state index in [-0.39, 0.29) is 23.6 Å². The maximum atomic E-state index is 15.5. The first kappa shape index (κ1) is 85.4. The molecule has 16 heteroatoms. The molecule has 11 aromatic rings. The lowest BCUT2D eigenvalue weighted by molar-refractivity contribution is -0.124. The van der Waals surface area contributed by atoms with Gasteiger partial charge < -0.3 is 29.6 Å². The Morgan fingerprint density at radius 1 is 0.298 bits per heavy atom. The molecule has 0 unspecified atom stereocenters. The number of unbranched alkanes of at least 4 members (excludes halogenated alkanes) is 28. The van der Waals surface area contributed by atoms with Crippen LogP contribution in [-0.4, -0.2) is 89.3 Å². The molecule has 8 bridgehead atoms. The lowest BCUT2D eigenvalue weighted by atomic mass is 10.0. The Balaban J connectivity index is 0.779. The zero-order valence-corrected chi connectivity index (χ0v) is 75.8. The van der Waals surface area contributed by atoms with Crippen molar-refractivity contribution in [1.29, 1.82) is 0 Å². The minimum Gasteiger partial charge on any atom is -0.353 e. The molecule has 13 heterocycles. The molecular weight excluding hydrogens is 1600 g/mol. The Bertz CT molecular complexity index is 5870. The molecule has 0 radical (unpaired) electrons. The Morgan fingerprint density at radius 2 is 0.589 bits per heavy atom. The summed E-state index contributed by atoms with van der Waals surface area (Å²) in [4.78, 5) is 94.3. The summed E-state index contributed by atoms with van der Waals surface area (Å²) in [6.45, 7) is 11.2. The number of H-pyrrole nitrogens is 2. The summed E-state index contributed by atoms with van der Waals surface area (Å²) in [5, 5.41) is 8.02. The average Bonchev–Trinajstić information content (AvgIpc) is 1.56. The first-order valence-electron chi connectivity index (χ1n) is 46.5. The first-order chi connectivity index (χ1) is 61.1. The fraction of sp³-hybridized carbons (Fsp3) is 0.370. The Hall–Kier alpha value is -10.7. The van der Waals surface area contributed by atoms with Crippen LogP contribution in [0.1, 0.15) is 274 Å². The van der Waals surface area contributed by atoms with Crippen molar-refractivity contribution in [3.8, 4) is 68.7 Å². The number of fused-ring (bicyclic) bond motifs is 22. The summed E-state index contributed by atoms with van der Waals surface area (Å²) < 4.78 is 0. The van der Waals surface area contributed by atoms with E-state index in [2.05, 4.69) is 207 Å². The van der Waals surface area contributed by atoms with Crippen LogP contribution in [0.3, 0.4) is 0 Å². The summed E-state index contributed by atoms with van der Waals surface area (Å²) in [5.74, 6) is 14.7. The summed E-state index contributed by atoms with van der Waals surface area (Å²) in [6, 6.07) is 54.6. The van der Waals surface area contributed by atoms with Gasteiger partial charge in [0, 0.05) is 81.0 Å². The normalized spacial score (nSPS) is 14.2. The zero-order valence-electron chi connectivity index (χ0n) is 72.6. The molecule has 0 fully saturated rings. The molecule has 12 nitrogen and oxygen atoms in total. The van der Waals surface area contributed by atoms with E-state index >= 15 is 19.2 Å². The van der Waals surface area contributed by atoms with Crippen LogP contribution in [0.4, 0.5) is 0 Å². The number of aromatic nitrogens is 4. The van der Waals surface area contributed by atoms with Crippen LogP contribution in [0, 0.1) is 23.7 Å². The van der Waals surface area contributed by atoms with E-state index in [1.807, 2.05) is 42.5 Å². The predicted molar refractivity (Wildman–Crippen MR) is 519 cm³/mol. The number of carbonyl (C=O) groups is 4. The van der Waals surface area contributed by atoms with Gasteiger partial charge in [-0.15, -0.1) is 45.3 Å². The van der Waals surface area contributed by atoms with Gasteiger partial charge in [0.05, 0.1) is 119 Å². The smallest absolute Gasteiger partial charge is 0.261 e. The van der Waals surface area contributed by atoms with Crippen molar-refractivity contribution in [2.24, 2.45) is 0 Å². The second kappa shape index (κ2) is 40.5. The SMILES string of the molecule is CCCCCCCCCCN1C(=O)C2=C(c3ccc(C#Cc4c5nc(cc6[nH]c(c(C#Cc7ccc(C8=C9C(=O)N(CCCCCCCCCC)C(c%10cccs%10)=C9C(=O)N8CCCCCCCCCC)s7)c7nc(cc8[nH]c4c4ccccc84)-c4ccccc4-7)c4ccccc64)-c4ccccc4-5)s3)N(CCCCCCCCCC)C(=O)C2=C1c1cccs1. The van der Waals surface area contributed by atoms with Gasteiger partial charge in [-0.05, 0) is 85.0 Å². The molecule has 0 atom stereocenters. The van der Waals surface area contributed by atoms with E-state index in [1.54, 1.807) is 22.7 Å². The van der Waals surface area contributed by atoms with Crippen molar-refractivity contribution < 1.29 is 19.2 Å². The maximum absolute atomic E-state index is 15.5. The van der Waals surface area contributed by atoms with Gasteiger partial charge in [-0.2, -0.15) is 0 Å². The Morgan fingerprint density at radius 3 is 0.903 bits per heavy atom. The molecule has 6 aliphatic rings. The number of nitrogens with zero attached hydrogens (tertiary/aromatic N) is 6. The Labute approximate surface area is 747 Å². The molecule has 124 heavy (non-hydrogen) atoms. The van der Waals surface area contributed by atoms with Crippen LogP contribution in [0.15, 0.2) is 191 Å². The highest BCUT2D eigenvalue weighted by atomic mass is 32.1. The van der Waals surface area contributed by atoms with Gasteiger partial charge in [-0.1, -0.05) is 340 Å². The quantitative estimate of drug-likeness (QED) is 0.0290. The van der Waals surface area contributed by atoms with Crippen LogP contribution in [0.5, 0.6) is 0 Å². The molecule has 4 amide bonds. The standard InChI is InChI=1S/C108H114N8O4S4/c1-5-9-13-17-21-25-29-41-65-113-101(89-55-45-69-121-89)93-95(107(113)119)103(115(105(93)117)67-43-31-27-23-19-15-11-7-3)91-63-59-73(123-91)57-61-83-97-79-51-37-33-47-75(79)85(109-97)71-87-77-49-35-39-53-81(77)99(111-87)84(100-82-54-40-36-50-78(82)88(112-100)72-86-76-48-34-38-52-80(76)98(83)110-86)62-58-74-60-64-92(124-74)104-96-94(106(118)116(104)68-44-32-28-24-20-16-12-8-4)102(90-56-46-70-122-90)114(108(96)120)66-42-30-26-22-18-14-10-6-2/h33-40,45-56,59-60,63-64,69-72,109,112H,5-32,41-44,65-68H2,1-4H3. The molecule has 0 saturated heterocycles. The van der Waals surface area contributed by atoms with Gasteiger partial charge in [-0.3, -0.25) is 19.2 Å². The molecule has 17 rings (SSSR count). The molecule has 6 aliphatic heterocycles. The van der Waals surface area contributed by atoms with Crippen molar-refractivity contribution >= 4 is 135 Å². The van der Waals surface area contributed by atoms with Gasteiger partial charge in [0.15, 0.2) is 0 Å². The molecule has 634 valence electrons. The minimum absolute atomic E-state index is 0.0889. The highest BCUT2D eigenvalue weighted by molar-refractivity contribution is 7.14. The van der Waals surface area contributed by atoms with E-state index in [4.69, 9.17) is 9.97 Å². The van der Waals surface area contributed by atoms with Crippen LogP contribution in [0.25, 0.3) is 111 Å². The van der Waals surface area contributed by atoms with Crippen LogP contribution in [0.2, 0.25) is 0 Å². The summed E-state index contributed by atoms with van der Waals surface area (Å²) in [5.41, 5.74) is 16.6. The number of carbonyl (C=O) groups excluding carboxylic acids is 4. The largest absolute Gasteiger partial charge is 0.353 e. The molecule has 0 aliphatic carbocycles. The lowest BCUT2D eigenvalue weighted by Gasteiger charge is -2.24. The van der Waals surface area contributed by atoms with Crippen LogP contribution >= 0.6 is 45.3 Å². The van der Waals surface area contributed by atoms with Crippen LogP contribution in [-0.2, 0) is 19.2 Å². The lowest BCUT2D eigenvalue weighted by Crippen LogP contribution is -2.30. The van der Waals surface area contributed by atoms with Crippen molar-refractivity contribution in [3.63, 3.8) is 0 Å². The van der Waals surface area contributed by atoms with Gasteiger partial charge >= 0.3 is 0 Å². The highest BCUT2D eigenvalue weighted by Crippen LogP contribution is 2.52. The third kappa shape index (κ3) is 17.9. The second-order valence-electron chi connectivity index (χ2n) is 34.1. The fourth-order valence-electron chi connectivity index (χ4n) is 19.1. The van der Waals surface area contributed by atoms with Gasteiger partial charge in [-0.25, -0.2) is 9.97 Å². The number of thiophene rings is 4. The van der Waals surface area contributed by atoms with E-state index in [9.17, 15) is 0 Å². The first-order valence-corrected chi connectivity index (χ1v) is 49.9. The number of rotatable bonds is 40. The van der Waals surface area contributed by atoms with E-state index < -0.39 is 0 Å². The molecule has 0 spiro atoms. The third-order valence-corrected chi connectivity index (χ3v) is 29.3. The van der Waals surface area contributed by atoms with Gasteiger partial charge in [0.1, 0.15) is 0 Å². The number of aromatic amines is 2. The fourth-order valence-corrected chi connectivity index (χ4v) is 22.5. The molecule has 4 aromatic carbocycles. The van der Waals surface area contributed by atoms with Crippen molar-refractivity contribution in [2.75, 3.05) is 26.2 Å². The predicted octanol–water partition coefficient (Wildman–Crippen LogP) is 28.5. The molecule has 2 N–H and O–H groups in total. The summed E-state index contributed by atoms with van der Waals surface area (Å²) >= 11 is 6.25. The van der Waals surface area contributed by atoms with Crippen molar-refractivity contribution in [1.82, 2.24) is 39.5 Å². The topological polar surface area (TPSA) is 139 Å².